The molecule has 1 N–H and O–H groups in total. The van der Waals surface area contributed by atoms with Crippen LogP contribution in [0.15, 0.2) is 37.1 Å². The second-order valence-electron chi connectivity index (χ2n) is 4.98. The Labute approximate surface area is 133 Å². The summed E-state index contributed by atoms with van der Waals surface area (Å²) in [4.78, 5) is 12.8. The lowest BCUT2D eigenvalue weighted by atomic mass is 9.95. The molecule has 1 atom stereocenters. The molecule has 1 aliphatic heterocycles. The Kier molecular flexibility index (Phi) is 6.23. The van der Waals surface area contributed by atoms with Gasteiger partial charge in [0.25, 0.3) is 5.60 Å². The Hall–Kier alpha value is -1.81. The number of ketones is 1. The predicted molar refractivity (Wildman–Crippen MR) is 71.6 cm³/mol. The van der Waals surface area contributed by atoms with Crippen molar-refractivity contribution in [2.75, 3.05) is 13.2 Å². The zero-order valence-electron chi connectivity index (χ0n) is 12.3. The molecule has 136 valence electrons. The molecule has 1 rings (SSSR count). The molecule has 10 heteroatoms. The number of alkyl halides is 6. The fraction of sp³-hybridized carbons (Fsp3) is 0.500. The average Bonchev–Trinajstić information content (AvgIpc) is 2.43. The molecular formula is C14H15F6NO3. The molecule has 0 aliphatic carbocycles. The fourth-order valence-corrected chi connectivity index (χ4v) is 1.88. The fourth-order valence-electron chi connectivity index (χ4n) is 1.88. The summed E-state index contributed by atoms with van der Waals surface area (Å²) in [6, 6.07) is 0. The number of aliphatic hydroxyl groups is 1. The van der Waals surface area contributed by atoms with Gasteiger partial charge in [0.2, 0.25) is 0 Å². The van der Waals surface area contributed by atoms with E-state index in [-0.39, 0.29) is 6.61 Å². The number of hydrogen-bond donors (Lipinski definition) is 1. The third-order valence-corrected chi connectivity index (χ3v) is 3.13. The second kappa shape index (κ2) is 7.39. The van der Waals surface area contributed by atoms with Gasteiger partial charge in [-0.1, -0.05) is 12.2 Å². The van der Waals surface area contributed by atoms with Crippen LogP contribution in [0.5, 0.6) is 0 Å². The molecule has 0 aromatic carbocycles. The van der Waals surface area contributed by atoms with Crippen molar-refractivity contribution in [1.82, 2.24) is 4.90 Å². The average molecular weight is 359 g/mol. The number of Topliss-reactive ketones (excluding diaryl/α,β-unsaturated/α-hetero) is 1. The lowest BCUT2D eigenvalue weighted by molar-refractivity contribution is -0.367. The smallest absolute Gasteiger partial charge is 0.373 e. The summed E-state index contributed by atoms with van der Waals surface area (Å²) in [5.41, 5.74) is -5.09. The van der Waals surface area contributed by atoms with E-state index in [0.717, 1.165) is 4.90 Å². The monoisotopic (exact) mass is 359 g/mol. The third kappa shape index (κ3) is 4.60. The molecule has 0 saturated carbocycles. The van der Waals surface area contributed by atoms with Crippen LogP contribution in [0, 0.1) is 0 Å². The molecule has 0 amide bonds. The first-order chi connectivity index (χ1) is 10.9. The van der Waals surface area contributed by atoms with E-state index in [9.17, 15) is 31.1 Å². The number of rotatable bonds is 7. The summed E-state index contributed by atoms with van der Waals surface area (Å²) in [5, 5.41) is 9.03. The highest BCUT2D eigenvalue weighted by Crippen LogP contribution is 2.45. The second-order valence-corrected chi connectivity index (χ2v) is 4.98. The van der Waals surface area contributed by atoms with Gasteiger partial charge in [0.1, 0.15) is 6.23 Å². The van der Waals surface area contributed by atoms with Crippen LogP contribution in [-0.4, -0.2) is 53.1 Å². The van der Waals surface area contributed by atoms with Crippen molar-refractivity contribution in [3.8, 4) is 0 Å². The zero-order chi connectivity index (χ0) is 18.6. The molecule has 0 aromatic heterocycles. The summed E-state index contributed by atoms with van der Waals surface area (Å²) in [6.45, 7) is 2.66. The maximum Gasteiger partial charge on any atom is 0.426 e. The van der Waals surface area contributed by atoms with Crippen LogP contribution in [0.25, 0.3) is 0 Å². The maximum atomic E-state index is 12.6. The molecule has 1 heterocycles. The first-order valence-corrected chi connectivity index (χ1v) is 6.63. The standard InChI is InChI=1S/C14H15F6NO3/c1-2-7-24-11-5-3-4-6-21(11)9-10(22)8-12(23,13(15,16)17)14(18,19)20/h2-6,11,23H,1,7-9H2. The summed E-state index contributed by atoms with van der Waals surface area (Å²) in [7, 11) is 0. The summed E-state index contributed by atoms with van der Waals surface area (Å²) >= 11 is 0. The van der Waals surface area contributed by atoms with Gasteiger partial charge in [-0.05, 0) is 12.2 Å². The molecule has 4 nitrogen and oxygen atoms in total. The molecule has 0 radical (unpaired) electrons. The number of nitrogens with zero attached hydrogens (tertiary/aromatic N) is 1. The Morgan fingerprint density at radius 2 is 1.79 bits per heavy atom. The van der Waals surface area contributed by atoms with Crippen LogP contribution < -0.4 is 0 Å². The van der Waals surface area contributed by atoms with Crippen LogP contribution in [0.4, 0.5) is 26.3 Å². The van der Waals surface area contributed by atoms with Crippen LogP contribution in [0.3, 0.4) is 0 Å². The summed E-state index contributed by atoms with van der Waals surface area (Å²) in [5.74, 6) is -1.45. The van der Waals surface area contributed by atoms with Crippen molar-refractivity contribution < 1.29 is 41.0 Å². The van der Waals surface area contributed by atoms with Crippen LogP contribution in [0.1, 0.15) is 6.42 Å². The van der Waals surface area contributed by atoms with E-state index in [1.807, 2.05) is 0 Å². The van der Waals surface area contributed by atoms with Crippen molar-refractivity contribution in [2.24, 2.45) is 0 Å². The quantitative estimate of drug-likeness (QED) is 0.561. The van der Waals surface area contributed by atoms with E-state index in [0.29, 0.717) is 0 Å². The number of halogens is 6. The zero-order valence-corrected chi connectivity index (χ0v) is 12.3. The van der Waals surface area contributed by atoms with Gasteiger partial charge in [0, 0.05) is 6.20 Å². The molecular weight excluding hydrogens is 344 g/mol. The lowest BCUT2D eigenvalue weighted by Gasteiger charge is -2.33. The largest absolute Gasteiger partial charge is 0.426 e. The number of allylic oxidation sites excluding steroid dienone is 2. The minimum atomic E-state index is -6.03. The molecule has 0 saturated heterocycles. The van der Waals surface area contributed by atoms with Gasteiger partial charge in [-0.2, -0.15) is 26.3 Å². The van der Waals surface area contributed by atoms with Crippen molar-refractivity contribution in [3.63, 3.8) is 0 Å². The minimum absolute atomic E-state index is 0.0581. The van der Waals surface area contributed by atoms with Gasteiger partial charge in [0.05, 0.1) is 19.6 Å². The molecule has 0 spiro atoms. The molecule has 0 fully saturated rings. The normalized spacial score (nSPS) is 18.8. The Balaban J connectivity index is 2.84. The van der Waals surface area contributed by atoms with Crippen molar-refractivity contribution in [2.45, 2.75) is 30.6 Å². The number of ether oxygens (including phenoxy) is 1. The van der Waals surface area contributed by atoms with Crippen molar-refractivity contribution >= 4 is 5.78 Å². The highest BCUT2D eigenvalue weighted by molar-refractivity contribution is 5.82. The number of carbonyl (C=O) groups is 1. The minimum Gasteiger partial charge on any atom is -0.373 e. The van der Waals surface area contributed by atoms with Gasteiger partial charge >= 0.3 is 12.4 Å². The Morgan fingerprint density at radius 1 is 1.21 bits per heavy atom. The van der Waals surface area contributed by atoms with E-state index < -0.39 is 42.9 Å². The van der Waals surface area contributed by atoms with E-state index >= 15 is 0 Å². The highest BCUT2D eigenvalue weighted by Gasteiger charge is 2.70. The molecule has 24 heavy (non-hydrogen) atoms. The predicted octanol–water partition coefficient (Wildman–Crippen LogP) is 2.72. The Morgan fingerprint density at radius 3 is 2.29 bits per heavy atom. The molecule has 1 unspecified atom stereocenters. The highest BCUT2D eigenvalue weighted by atomic mass is 19.4. The van der Waals surface area contributed by atoms with Crippen LogP contribution in [-0.2, 0) is 9.53 Å². The first kappa shape index (κ1) is 20.2. The molecule has 0 aromatic rings. The van der Waals surface area contributed by atoms with Crippen molar-refractivity contribution in [3.05, 3.63) is 37.1 Å². The molecule has 0 bridgehead atoms. The van der Waals surface area contributed by atoms with Crippen LogP contribution in [0.2, 0.25) is 0 Å². The number of carbonyl (C=O) groups excluding carboxylic acids is 1. The summed E-state index contributed by atoms with van der Waals surface area (Å²) < 4.78 is 80.7. The number of hydrogen-bond acceptors (Lipinski definition) is 4. The van der Waals surface area contributed by atoms with E-state index in [4.69, 9.17) is 9.84 Å². The SMILES string of the molecule is C=CCOC1C=CC=CN1CC(=O)CC(O)(C(F)(F)F)C(F)(F)F. The van der Waals surface area contributed by atoms with Gasteiger partial charge in [-0.25, -0.2) is 0 Å². The van der Waals surface area contributed by atoms with Gasteiger partial charge in [0.15, 0.2) is 5.78 Å². The van der Waals surface area contributed by atoms with Gasteiger partial charge in [-0.15, -0.1) is 6.58 Å². The van der Waals surface area contributed by atoms with E-state index in [1.54, 1.807) is 0 Å². The van der Waals surface area contributed by atoms with E-state index in [2.05, 4.69) is 6.58 Å². The topological polar surface area (TPSA) is 49.8 Å². The van der Waals surface area contributed by atoms with Crippen molar-refractivity contribution in [1.29, 1.82) is 0 Å². The first-order valence-electron chi connectivity index (χ1n) is 6.63. The lowest BCUT2D eigenvalue weighted by Crippen LogP contribution is -2.58. The Bertz CT molecular complexity index is 510. The van der Waals surface area contributed by atoms with Crippen LogP contribution >= 0.6 is 0 Å². The van der Waals surface area contributed by atoms with Gasteiger partial charge in [-0.3, -0.25) is 4.79 Å². The third-order valence-electron chi connectivity index (χ3n) is 3.13. The maximum absolute atomic E-state index is 12.6. The van der Waals surface area contributed by atoms with Gasteiger partial charge < -0.3 is 14.7 Å². The molecule has 1 aliphatic rings. The van der Waals surface area contributed by atoms with E-state index in [1.165, 1.54) is 30.5 Å². The summed E-state index contributed by atoms with van der Waals surface area (Å²) in [6.07, 6.45) is -7.95.